The van der Waals surface area contributed by atoms with E-state index in [4.69, 9.17) is 10.8 Å². The first-order chi connectivity index (χ1) is 5.77. The molecular formula is C8H13N3O. The third kappa shape index (κ3) is 1.93. The van der Waals surface area contributed by atoms with Gasteiger partial charge in [0.05, 0.1) is 12.6 Å². The summed E-state index contributed by atoms with van der Waals surface area (Å²) in [7, 11) is 1.79. The van der Waals surface area contributed by atoms with Crippen LogP contribution < -0.4 is 11.1 Å². The summed E-state index contributed by atoms with van der Waals surface area (Å²) in [5.41, 5.74) is 6.35. The Bertz CT molecular complexity index is 231. The lowest BCUT2D eigenvalue weighted by Crippen LogP contribution is -2.20. The van der Waals surface area contributed by atoms with Gasteiger partial charge in [-0.15, -0.1) is 0 Å². The van der Waals surface area contributed by atoms with Crippen LogP contribution in [-0.2, 0) is 0 Å². The van der Waals surface area contributed by atoms with E-state index in [1.807, 2.05) is 6.07 Å². The minimum absolute atomic E-state index is 0.0573. The fraction of sp³-hybridized carbons (Fsp3) is 0.375. The third-order valence-electron chi connectivity index (χ3n) is 1.74. The van der Waals surface area contributed by atoms with E-state index in [1.165, 1.54) is 0 Å². The number of nitrogens with zero attached hydrogens (tertiary/aromatic N) is 1. The molecule has 1 aromatic heterocycles. The molecule has 4 N–H and O–H groups in total. The van der Waals surface area contributed by atoms with Gasteiger partial charge in [0.25, 0.3) is 0 Å². The van der Waals surface area contributed by atoms with Gasteiger partial charge < -0.3 is 16.2 Å². The van der Waals surface area contributed by atoms with Crippen LogP contribution in [0.2, 0.25) is 0 Å². The van der Waals surface area contributed by atoms with Crippen LogP contribution >= 0.6 is 0 Å². The van der Waals surface area contributed by atoms with Crippen molar-refractivity contribution in [2.45, 2.75) is 6.04 Å². The average Bonchev–Trinajstić information content (AvgIpc) is 2.10. The molecule has 0 saturated heterocycles. The molecule has 0 spiro atoms. The van der Waals surface area contributed by atoms with E-state index in [0.717, 1.165) is 5.56 Å². The van der Waals surface area contributed by atoms with Crippen LogP contribution in [0.1, 0.15) is 11.6 Å². The van der Waals surface area contributed by atoms with Crippen molar-refractivity contribution in [1.29, 1.82) is 0 Å². The summed E-state index contributed by atoms with van der Waals surface area (Å²) >= 11 is 0. The molecule has 1 rings (SSSR count). The molecule has 1 heterocycles. The second-order valence-corrected chi connectivity index (χ2v) is 2.54. The Morgan fingerprint density at radius 2 is 2.42 bits per heavy atom. The highest BCUT2D eigenvalue weighted by Crippen LogP contribution is 2.10. The van der Waals surface area contributed by atoms with Crippen molar-refractivity contribution in [3.8, 4) is 0 Å². The number of hydrogen-bond acceptors (Lipinski definition) is 4. The highest BCUT2D eigenvalue weighted by Gasteiger charge is 2.06. The fourth-order valence-electron chi connectivity index (χ4n) is 0.986. The van der Waals surface area contributed by atoms with Crippen molar-refractivity contribution in [1.82, 2.24) is 10.3 Å². The molecule has 0 saturated carbocycles. The molecule has 66 valence electrons. The summed E-state index contributed by atoms with van der Waals surface area (Å²) in [5.74, 6) is 0.492. The molecule has 0 bridgehead atoms. The quantitative estimate of drug-likeness (QED) is 0.588. The van der Waals surface area contributed by atoms with E-state index < -0.39 is 0 Å². The molecule has 0 aliphatic heterocycles. The van der Waals surface area contributed by atoms with E-state index in [1.54, 1.807) is 19.3 Å². The maximum absolute atomic E-state index is 8.93. The maximum atomic E-state index is 8.93. The summed E-state index contributed by atoms with van der Waals surface area (Å²) in [6, 6.07) is 3.51. The molecule has 1 unspecified atom stereocenters. The van der Waals surface area contributed by atoms with Crippen molar-refractivity contribution in [3.05, 3.63) is 23.9 Å². The van der Waals surface area contributed by atoms with Crippen molar-refractivity contribution >= 4 is 5.82 Å². The molecule has 0 radical (unpaired) electrons. The molecule has 0 fully saturated rings. The fourth-order valence-corrected chi connectivity index (χ4v) is 0.986. The van der Waals surface area contributed by atoms with E-state index >= 15 is 0 Å². The van der Waals surface area contributed by atoms with Gasteiger partial charge in [0, 0.05) is 6.20 Å². The molecule has 4 heteroatoms. The number of nitrogens with one attached hydrogen (secondary N) is 1. The lowest BCUT2D eigenvalue weighted by Gasteiger charge is -2.12. The zero-order valence-electron chi connectivity index (χ0n) is 6.99. The number of hydrogen-bond donors (Lipinski definition) is 3. The lowest BCUT2D eigenvalue weighted by atomic mass is 10.1. The van der Waals surface area contributed by atoms with E-state index in [-0.39, 0.29) is 12.6 Å². The Kier molecular flexibility index (Phi) is 3.01. The molecule has 0 aromatic carbocycles. The number of aromatic nitrogens is 1. The highest BCUT2D eigenvalue weighted by molar-refractivity contribution is 5.30. The van der Waals surface area contributed by atoms with Crippen LogP contribution in [0.3, 0.4) is 0 Å². The zero-order valence-corrected chi connectivity index (χ0v) is 6.99. The highest BCUT2D eigenvalue weighted by atomic mass is 16.3. The van der Waals surface area contributed by atoms with Gasteiger partial charge in [0.2, 0.25) is 0 Å². The third-order valence-corrected chi connectivity index (χ3v) is 1.74. The van der Waals surface area contributed by atoms with Gasteiger partial charge in [-0.1, -0.05) is 6.07 Å². The molecule has 0 aliphatic carbocycles. The Morgan fingerprint density at radius 3 is 2.83 bits per heavy atom. The smallest absolute Gasteiger partial charge is 0.123 e. The Labute approximate surface area is 71.4 Å². The van der Waals surface area contributed by atoms with Gasteiger partial charge in [0.1, 0.15) is 5.82 Å². The SMILES string of the molecule is CNC(CO)c1ccc(N)nc1. The molecule has 1 aromatic rings. The van der Waals surface area contributed by atoms with E-state index in [9.17, 15) is 0 Å². The standard InChI is InChI=1S/C8H13N3O/c1-10-7(5-12)6-2-3-8(9)11-4-6/h2-4,7,10,12H,5H2,1H3,(H2,9,11). The first-order valence-electron chi connectivity index (χ1n) is 3.77. The van der Waals surface area contributed by atoms with Gasteiger partial charge in [-0.2, -0.15) is 0 Å². The Balaban J connectivity index is 2.80. The van der Waals surface area contributed by atoms with E-state index in [0.29, 0.717) is 5.82 Å². The predicted molar refractivity (Wildman–Crippen MR) is 47.5 cm³/mol. The van der Waals surface area contributed by atoms with Gasteiger partial charge in [-0.3, -0.25) is 0 Å². The van der Waals surface area contributed by atoms with Gasteiger partial charge >= 0.3 is 0 Å². The largest absolute Gasteiger partial charge is 0.394 e. The number of nitrogens with two attached hydrogens (primary N) is 1. The normalized spacial score (nSPS) is 12.8. The summed E-state index contributed by atoms with van der Waals surface area (Å²) in [6.07, 6.45) is 1.66. The number of aliphatic hydroxyl groups excluding tert-OH is 1. The maximum Gasteiger partial charge on any atom is 0.123 e. The molecule has 1 atom stereocenters. The van der Waals surface area contributed by atoms with Crippen LogP contribution in [-0.4, -0.2) is 23.7 Å². The average molecular weight is 167 g/mol. The molecule has 4 nitrogen and oxygen atoms in total. The van der Waals surface area contributed by atoms with Crippen LogP contribution in [0.5, 0.6) is 0 Å². The van der Waals surface area contributed by atoms with Crippen LogP contribution in [0.25, 0.3) is 0 Å². The Hall–Kier alpha value is -1.13. The van der Waals surface area contributed by atoms with Gasteiger partial charge in [-0.05, 0) is 18.7 Å². The molecule has 0 aliphatic rings. The van der Waals surface area contributed by atoms with Crippen molar-refractivity contribution in [3.63, 3.8) is 0 Å². The zero-order chi connectivity index (χ0) is 8.97. The molecule has 0 amide bonds. The number of aliphatic hydroxyl groups is 1. The molecule has 12 heavy (non-hydrogen) atoms. The number of likely N-dealkylation sites (N-methyl/N-ethyl adjacent to an activating group) is 1. The van der Waals surface area contributed by atoms with E-state index in [2.05, 4.69) is 10.3 Å². The van der Waals surface area contributed by atoms with Crippen molar-refractivity contribution < 1.29 is 5.11 Å². The number of nitrogen functional groups attached to an aromatic ring is 1. The van der Waals surface area contributed by atoms with Crippen LogP contribution in [0.4, 0.5) is 5.82 Å². The minimum Gasteiger partial charge on any atom is -0.394 e. The number of anilines is 1. The van der Waals surface area contributed by atoms with Crippen LogP contribution in [0.15, 0.2) is 18.3 Å². The number of pyridine rings is 1. The first kappa shape index (κ1) is 8.96. The Morgan fingerprint density at radius 1 is 1.67 bits per heavy atom. The minimum atomic E-state index is -0.0573. The second-order valence-electron chi connectivity index (χ2n) is 2.54. The summed E-state index contributed by atoms with van der Waals surface area (Å²) in [5, 5.41) is 11.9. The van der Waals surface area contributed by atoms with Gasteiger partial charge in [0.15, 0.2) is 0 Å². The van der Waals surface area contributed by atoms with Crippen molar-refractivity contribution in [2.75, 3.05) is 19.4 Å². The van der Waals surface area contributed by atoms with Crippen LogP contribution in [0, 0.1) is 0 Å². The van der Waals surface area contributed by atoms with Gasteiger partial charge in [-0.25, -0.2) is 4.98 Å². The monoisotopic (exact) mass is 167 g/mol. The summed E-state index contributed by atoms with van der Waals surface area (Å²) in [6.45, 7) is 0.0576. The molecular weight excluding hydrogens is 154 g/mol. The number of rotatable bonds is 3. The summed E-state index contributed by atoms with van der Waals surface area (Å²) < 4.78 is 0. The second kappa shape index (κ2) is 4.04. The topological polar surface area (TPSA) is 71.2 Å². The first-order valence-corrected chi connectivity index (χ1v) is 3.77. The summed E-state index contributed by atoms with van der Waals surface area (Å²) in [4.78, 5) is 3.92. The lowest BCUT2D eigenvalue weighted by molar-refractivity contribution is 0.251. The predicted octanol–water partition coefficient (Wildman–Crippen LogP) is -0.0834. The van der Waals surface area contributed by atoms with Crippen molar-refractivity contribution in [2.24, 2.45) is 0 Å².